The van der Waals surface area contributed by atoms with E-state index in [1.807, 2.05) is 0 Å². The largest absolute Gasteiger partial charge is 0.472 e. The molecule has 0 bridgehead atoms. The summed E-state index contributed by atoms with van der Waals surface area (Å²) >= 11 is 0. The molecule has 1 aliphatic rings. The zero-order chi connectivity index (χ0) is 27.8. The highest BCUT2D eigenvalue weighted by molar-refractivity contribution is 7.47. The van der Waals surface area contributed by atoms with Crippen LogP contribution in [-0.2, 0) is 37.4 Å². The lowest BCUT2D eigenvalue weighted by Gasteiger charge is -2.22. The van der Waals surface area contributed by atoms with Crippen LogP contribution in [0.5, 0.6) is 0 Å². The summed E-state index contributed by atoms with van der Waals surface area (Å²) in [5, 5.41) is 9.65. The van der Waals surface area contributed by atoms with Crippen LogP contribution in [-0.4, -0.2) is 69.6 Å². The van der Waals surface area contributed by atoms with E-state index in [1.54, 1.807) is 20.8 Å². The monoisotopic (exact) mass is 550 g/mol. The molecule has 37 heavy (non-hydrogen) atoms. The van der Waals surface area contributed by atoms with Crippen molar-refractivity contribution < 1.29 is 47.4 Å². The number of aryl methyl sites for hydroxylation is 1. The molecular weight excluding hydrogens is 515 g/mol. The molecule has 0 aromatic carbocycles. The summed E-state index contributed by atoms with van der Waals surface area (Å²) in [6.45, 7) is 5.29. The number of carbonyl (C=O) groups excluding carboxylic acids is 2. The van der Waals surface area contributed by atoms with Gasteiger partial charge in [0.25, 0.3) is 5.56 Å². The van der Waals surface area contributed by atoms with Gasteiger partial charge < -0.3 is 24.2 Å². The first-order valence-corrected chi connectivity index (χ1v) is 13.4. The maximum atomic E-state index is 12.7. The second kappa shape index (κ2) is 14.0. The predicted molar refractivity (Wildman–Crippen MR) is 128 cm³/mol. The van der Waals surface area contributed by atoms with Gasteiger partial charge in [0.2, 0.25) is 0 Å². The molecule has 1 saturated heterocycles. The van der Waals surface area contributed by atoms with E-state index in [0.29, 0.717) is 6.42 Å². The summed E-state index contributed by atoms with van der Waals surface area (Å²) in [7, 11) is -4.79. The molecule has 210 valence electrons. The fourth-order valence-electron chi connectivity index (χ4n) is 3.47. The lowest BCUT2D eigenvalue weighted by Crippen LogP contribution is -2.33. The average Bonchev–Trinajstić information content (AvgIpc) is 3.19. The molecule has 5 unspecified atom stereocenters. The lowest BCUT2D eigenvalue weighted by atomic mass is 10.1. The fourth-order valence-corrected chi connectivity index (χ4v) is 4.45. The Morgan fingerprint density at radius 1 is 1.27 bits per heavy atom. The Kier molecular flexibility index (Phi) is 11.7. The highest BCUT2D eigenvalue weighted by atomic mass is 31.2. The molecule has 1 aromatic rings. The van der Waals surface area contributed by atoms with E-state index >= 15 is 0 Å². The number of aromatic nitrogens is 2. The van der Waals surface area contributed by atoms with Gasteiger partial charge in [-0.1, -0.05) is 20.8 Å². The van der Waals surface area contributed by atoms with Crippen molar-refractivity contribution in [2.75, 3.05) is 19.8 Å². The summed E-state index contributed by atoms with van der Waals surface area (Å²) < 4.78 is 39.8. The summed E-state index contributed by atoms with van der Waals surface area (Å²) in [4.78, 5) is 60.0. The number of phosphoric acid groups is 1. The average molecular weight is 550 g/mol. The molecule has 0 amide bonds. The smallest absolute Gasteiger partial charge is 0.462 e. The van der Waals surface area contributed by atoms with Crippen molar-refractivity contribution in [3.63, 3.8) is 0 Å². The van der Waals surface area contributed by atoms with Gasteiger partial charge in [-0.3, -0.25) is 33.0 Å². The number of H-pyrrole nitrogens is 1. The van der Waals surface area contributed by atoms with Crippen LogP contribution in [0.3, 0.4) is 0 Å². The topological polar surface area (TPSA) is 193 Å². The fraction of sp³-hybridized carbons (Fsp3) is 0.727. The second-order valence-corrected chi connectivity index (χ2v) is 10.5. The van der Waals surface area contributed by atoms with Gasteiger partial charge >= 0.3 is 25.5 Å². The van der Waals surface area contributed by atoms with Gasteiger partial charge in [-0.2, -0.15) is 0 Å². The molecule has 0 saturated carbocycles. The van der Waals surface area contributed by atoms with Crippen molar-refractivity contribution in [2.24, 2.45) is 5.92 Å². The Morgan fingerprint density at radius 2 is 1.97 bits per heavy atom. The molecule has 5 atom stereocenters. The van der Waals surface area contributed by atoms with Crippen LogP contribution in [0, 0.1) is 12.8 Å². The van der Waals surface area contributed by atoms with Gasteiger partial charge in [-0.15, -0.1) is 0 Å². The van der Waals surface area contributed by atoms with Crippen LogP contribution >= 0.6 is 7.82 Å². The molecular formula is C22H35N2O12P. The number of esters is 2. The number of ether oxygens (including phenoxy) is 3. The number of hydrogen-bond acceptors (Lipinski definition) is 11. The highest BCUT2D eigenvalue weighted by Gasteiger charge is 2.42. The third-order valence-corrected chi connectivity index (χ3v) is 6.28. The number of rotatable bonds is 14. The van der Waals surface area contributed by atoms with Crippen LogP contribution in [0.1, 0.15) is 58.2 Å². The molecule has 1 aromatic heterocycles. The van der Waals surface area contributed by atoms with Crippen molar-refractivity contribution in [1.82, 2.24) is 9.55 Å². The number of hydrogen-bond donors (Lipinski definition) is 3. The number of aliphatic hydroxyl groups is 1. The summed E-state index contributed by atoms with van der Waals surface area (Å²) in [6.07, 6.45) is -2.47. The number of aromatic amines is 1. The first kappa shape index (κ1) is 30.9. The Bertz CT molecular complexity index is 1080. The Labute approximate surface area is 213 Å². The molecule has 0 aliphatic carbocycles. The first-order valence-electron chi connectivity index (χ1n) is 11.9. The normalized spacial score (nSPS) is 22.0. The van der Waals surface area contributed by atoms with Crippen LogP contribution in [0.15, 0.2) is 15.8 Å². The third kappa shape index (κ3) is 9.80. The van der Waals surface area contributed by atoms with Crippen molar-refractivity contribution >= 4 is 19.8 Å². The predicted octanol–water partition coefficient (Wildman–Crippen LogP) is 0.928. The van der Waals surface area contributed by atoms with E-state index in [9.17, 15) is 33.7 Å². The molecule has 2 rings (SSSR count). The number of phosphoric ester groups is 1. The van der Waals surface area contributed by atoms with E-state index < -0.39 is 68.8 Å². The Balaban J connectivity index is 2.05. The molecule has 1 fully saturated rings. The van der Waals surface area contributed by atoms with Crippen LogP contribution in [0.4, 0.5) is 0 Å². The van der Waals surface area contributed by atoms with E-state index in [1.165, 1.54) is 13.1 Å². The van der Waals surface area contributed by atoms with Crippen LogP contribution in [0.25, 0.3) is 0 Å². The van der Waals surface area contributed by atoms with Gasteiger partial charge in [0.05, 0.1) is 13.2 Å². The van der Waals surface area contributed by atoms with Gasteiger partial charge in [0.15, 0.2) is 6.10 Å². The first-order chi connectivity index (χ1) is 17.3. The maximum absolute atomic E-state index is 12.7. The van der Waals surface area contributed by atoms with Crippen molar-refractivity contribution in [1.29, 1.82) is 0 Å². The van der Waals surface area contributed by atoms with Gasteiger partial charge in [-0.05, 0) is 19.3 Å². The minimum atomic E-state index is -4.79. The third-order valence-electron chi connectivity index (χ3n) is 5.27. The van der Waals surface area contributed by atoms with Crippen molar-refractivity contribution in [2.45, 2.75) is 77.9 Å². The van der Waals surface area contributed by atoms with Crippen LogP contribution < -0.4 is 11.2 Å². The van der Waals surface area contributed by atoms with Crippen LogP contribution in [0.2, 0.25) is 0 Å². The molecule has 14 nitrogen and oxygen atoms in total. The molecule has 3 N–H and O–H groups in total. The summed E-state index contributed by atoms with van der Waals surface area (Å²) in [5.41, 5.74) is -1.09. The Morgan fingerprint density at radius 3 is 2.59 bits per heavy atom. The lowest BCUT2D eigenvalue weighted by molar-refractivity contribution is -0.161. The second-order valence-electron chi connectivity index (χ2n) is 9.08. The zero-order valence-corrected chi connectivity index (χ0v) is 22.2. The van der Waals surface area contributed by atoms with Gasteiger partial charge in [0.1, 0.15) is 25.0 Å². The quantitative estimate of drug-likeness (QED) is 0.219. The zero-order valence-electron chi connectivity index (χ0n) is 21.3. The minimum Gasteiger partial charge on any atom is -0.462 e. The highest BCUT2D eigenvalue weighted by Crippen LogP contribution is 2.48. The molecule has 0 spiro atoms. The van der Waals surface area contributed by atoms with E-state index in [4.69, 9.17) is 23.3 Å². The number of carbonyl (C=O) groups is 2. The maximum Gasteiger partial charge on any atom is 0.472 e. The molecule has 1 aliphatic heterocycles. The molecule has 0 radical (unpaired) electrons. The molecule has 2 heterocycles. The van der Waals surface area contributed by atoms with Crippen molar-refractivity contribution in [3.8, 4) is 0 Å². The minimum absolute atomic E-state index is 0.00606. The Hall–Kier alpha value is -2.35. The number of nitrogens with one attached hydrogen (secondary N) is 1. The van der Waals surface area contributed by atoms with E-state index in [2.05, 4.69) is 4.98 Å². The number of aliphatic hydroxyl groups excluding tert-OH is 1. The standard InChI is InChI=1S/C22H35N2O12P/c1-5-6-19(26)32-11-15(34-20(27)7-13(2)3)12-33-37(30,31)36-16-8-18(35-17(16)10-25)24-9-14(4)21(28)23-22(24)29/h9,13,15-18,25H,5-8,10-12H2,1-4H3,(H,30,31)(H,23,28,29). The van der Waals surface area contributed by atoms with Gasteiger partial charge in [-0.25, -0.2) is 9.36 Å². The molecule has 15 heteroatoms. The number of nitrogens with zero attached hydrogens (tertiary/aromatic N) is 1. The van der Waals surface area contributed by atoms with Crippen molar-refractivity contribution in [3.05, 3.63) is 32.6 Å². The summed E-state index contributed by atoms with van der Waals surface area (Å²) in [6, 6.07) is 0. The van der Waals surface area contributed by atoms with E-state index in [0.717, 1.165) is 4.57 Å². The van der Waals surface area contributed by atoms with Gasteiger partial charge in [0, 0.05) is 31.0 Å². The summed E-state index contributed by atoms with van der Waals surface area (Å²) in [5.74, 6) is -1.13. The SMILES string of the molecule is CCCC(=O)OCC(COP(=O)(O)OC1CC(n2cc(C)c(=O)[nH]c2=O)OC1CO)OC(=O)CC(C)C. The van der Waals surface area contributed by atoms with E-state index in [-0.39, 0.29) is 37.4 Å².